The number of carbonyl (C=O) groups excluding carboxylic acids is 2. The van der Waals surface area contributed by atoms with E-state index in [0.717, 1.165) is 40.8 Å². The van der Waals surface area contributed by atoms with E-state index in [4.69, 9.17) is 9.47 Å². The lowest BCUT2D eigenvalue weighted by Gasteiger charge is -2.29. The summed E-state index contributed by atoms with van der Waals surface area (Å²) in [6, 6.07) is 18.6. The Hall–Kier alpha value is -3.84. The van der Waals surface area contributed by atoms with Crippen molar-refractivity contribution in [2.75, 3.05) is 18.7 Å². The van der Waals surface area contributed by atoms with Gasteiger partial charge in [0.2, 0.25) is 12.7 Å². The minimum Gasteiger partial charge on any atom is -0.454 e. The molecule has 2 amide bonds. The molecule has 1 saturated carbocycles. The first-order valence-electron chi connectivity index (χ1n) is 13.0. The molecule has 3 aromatic rings. The summed E-state index contributed by atoms with van der Waals surface area (Å²) in [5.41, 5.74) is 4.36. The Morgan fingerprint density at radius 1 is 1.00 bits per heavy atom. The number of benzene rings is 3. The second-order valence-corrected chi connectivity index (χ2v) is 11.3. The fraction of sp³-hybridized carbons (Fsp3) is 0.355. The van der Waals surface area contributed by atoms with Crippen LogP contribution < -0.4 is 20.1 Å². The number of rotatable bonds is 7. The summed E-state index contributed by atoms with van der Waals surface area (Å²) in [6.07, 6.45) is 1.57. The minimum atomic E-state index is -0.555. The van der Waals surface area contributed by atoms with E-state index >= 15 is 0 Å². The van der Waals surface area contributed by atoms with Crippen LogP contribution in [-0.4, -0.2) is 36.4 Å². The van der Waals surface area contributed by atoms with E-state index in [9.17, 15) is 14.7 Å². The maximum atomic E-state index is 13.4. The van der Waals surface area contributed by atoms with E-state index in [1.165, 1.54) is 0 Å². The largest absolute Gasteiger partial charge is 0.454 e. The lowest BCUT2D eigenvalue weighted by molar-refractivity contribution is -0.118. The van der Waals surface area contributed by atoms with Crippen LogP contribution in [0.25, 0.3) is 11.1 Å². The maximum Gasteiger partial charge on any atom is 0.251 e. The molecule has 7 heteroatoms. The van der Waals surface area contributed by atoms with Crippen LogP contribution in [0.4, 0.5) is 5.69 Å². The van der Waals surface area contributed by atoms with Gasteiger partial charge in [-0.25, -0.2) is 0 Å². The second kappa shape index (κ2) is 9.80. The third kappa shape index (κ3) is 4.98. The number of amides is 2. The van der Waals surface area contributed by atoms with E-state index in [1.54, 1.807) is 12.1 Å². The number of aliphatic hydroxyl groups is 1. The zero-order chi connectivity index (χ0) is 27.1. The smallest absolute Gasteiger partial charge is 0.251 e. The number of anilines is 1. The van der Waals surface area contributed by atoms with Crippen molar-refractivity contribution in [3.8, 4) is 22.6 Å². The first-order chi connectivity index (χ1) is 18.1. The molecule has 5 rings (SSSR count). The Bertz CT molecular complexity index is 1390. The van der Waals surface area contributed by atoms with Crippen LogP contribution in [0.5, 0.6) is 11.5 Å². The Morgan fingerprint density at radius 2 is 1.71 bits per heavy atom. The highest BCUT2D eigenvalue weighted by Gasteiger charge is 2.51. The molecular formula is C31H40N2O5. The molecule has 0 saturated heterocycles. The van der Waals surface area contributed by atoms with Gasteiger partial charge in [0, 0.05) is 15.5 Å². The molecule has 0 radical (unpaired) electrons. The molecule has 204 valence electrons. The third-order valence-electron chi connectivity index (χ3n) is 7.60. The van der Waals surface area contributed by atoms with Gasteiger partial charge < -0.3 is 25.2 Å². The molecule has 3 N–H and O–H groups in total. The third-order valence-corrected chi connectivity index (χ3v) is 7.60. The minimum absolute atomic E-state index is 0. The summed E-state index contributed by atoms with van der Waals surface area (Å²) in [7, 11) is 0. The molecule has 1 heterocycles. The van der Waals surface area contributed by atoms with Gasteiger partial charge in [-0.1, -0.05) is 45.0 Å². The van der Waals surface area contributed by atoms with Gasteiger partial charge >= 0.3 is 0 Å². The summed E-state index contributed by atoms with van der Waals surface area (Å²) >= 11 is 0. The summed E-state index contributed by atoms with van der Waals surface area (Å²) in [5.74, 6) is 1.14. The molecule has 7 nitrogen and oxygen atoms in total. The molecule has 3 aromatic carbocycles. The molecule has 1 atom stereocenters. The lowest BCUT2D eigenvalue weighted by Crippen LogP contribution is -2.46. The quantitative estimate of drug-likeness (QED) is 0.358. The topological polar surface area (TPSA) is 96.9 Å². The van der Waals surface area contributed by atoms with E-state index in [-0.39, 0.29) is 41.0 Å². The molecule has 1 aliphatic heterocycles. The number of nitrogens with one attached hydrogen (secondary N) is 2. The number of ether oxygens (including phenoxy) is 2. The molecule has 1 aliphatic carbocycles. The summed E-state index contributed by atoms with van der Waals surface area (Å²) < 4.78 is 10.9. The number of aliphatic hydroxyl groups excluding tert-OH is 1. The number of hydrogen-bond donors (Lipinski definition) is 3. The number of hydrogen-bond acceptors (Lipinski definition) is 5. The lowest BCUT2D eigenvalue weighted by atomic mass is 9.87. The Morgan fingerprint density at radius 3 is 2.37 bits per heavy atom. The molecule has 2 aliphatic rings. The SMILES string of the molecule is Cc1ccc(NC(=O)C2(c3ccc4c(c3)OCO4)CC2)cc1-c1ccc(C(=O)N[C@@H](CO)C(C)(C)C)cc1.[HH].[HH].[HH]. The highest BCUT2D eigenvalue weighted by molar-refractivity contribution is 6.02. The van der Waals surface area contributed by atoms with Gasteiger partial charge in [-0.2, -0.15) is 0 Å². The van der Waals surface area contributed by atoms with Crippen molar-refractivity contribution >= 4 is 17.5 Å². The average molecular weight is 521 g/mol. The molecule has 0 unspecified atom stereocenters. The van der Waals surface area contributed by atoms with Gasteiger partial charge in [-0.3, -0.25) is 9.59 Å². The number of fused-ring (bicyclic) bond motifs is 1. The van der Waals surface area contributed by atoms with E-state index in [0.29, 0.717) is 17.1 Å². The van der Waals surface area contributed by atoms with Gasteiger partial charge in [0.25, 0.3) is 5.91 Å². The van der Waals surface area contributed by atoms with Crippen LogP contribution in [-0.2, 0) is 10.2 Å². The number of carbonyl (C=O) groups is 2. The maximum absolute atomic E-state index is 13.4. The van der Waals surface area contributed by atoms with E-state index in [1.807, 2.05) is 76.2 Å². The van der Waals surface area contributed by atoms with Crippen molar-refractivity contribution in [1.82, 2.24) is 5.32 Å². The van der Waals surface area contributed by atoms with Crippen molar-refractivity contribution in [2.45, 2.75) is 52.0 Å². The normalized spacial score (nSPS) is 16.0. The van der Waals surface area contributed by atoms with Crippen LogP contribution in [0.1, 0.15) is 59.4 Å². The van der Waals surface area contributed by atoms with Gasteiger partial charge in [-0.05, 0) is 83.8 Å². The summed E-state index contributed by atoms with van der Waals surface area (Å²) in [4.78, 5) is 26.1. The molecule has 1 fully saturated rings. The highest BCUT2D eigenvalue weighted by Crippen LogP contribution is 2.51. The van der Waals surface area contributed by atoms with Gasteiger partial charge in [0.1, 0.15) is 0 Å². The highest BCUT2D eigenvalue weighted by atomic mass is 16.7. The summed E-state index contributed by atoms with van der Waals surface area (Å²) in [5, 5.41) is 15.7. The van der Waals surface area contributed by atoms with Crippen LogP contribution in [0, 0.1) is 12.3 Å². The standard InChI is InChI=1S/C31H34N2O5.3H2/c1-19-5-11-23(32-29(36)31(13-14-31)22-10-12-25-26(15-22)38-18-37-25)16-24(19)20-6-8-21(9-7-20)28(35)33-27(17-34)30(2,3)4;;;/h5-12,15-16,27,34H,13-14,17-18H2,1-4H3,(H,32,36)(H,33,35);3*1H/t27-;;;/m0.../s1. The van der Waals surface area contributed by atoms with Crippen molar-refractivity contribution in [3.05, 3.63) is 77.4 Å². The van der Waals surface area contributed by atoms with Crippen molar-refractivity contribution < 1.29 is 28.4 Å². The summed E-state index contributed by atoms with van der Waals surface area (Å²) in [6.45, 7) is 8.03. The first kappa shape index (κ1) is 25.8. The Labute approximate surface area is 227 Å². The molecule has 38 heavy (non-hydrogen) atoms. The number of aryl methyl sites for hydroxylation is 1. The van der Waals surface area contributed by atoms with Gasteiger partial charge in [0.15, 0.2) is 11.5 Å². The first-order valence-corrected chi connectivity index (χ1v) is 13.0. The van der Waals surface area contributed by atoms with Gasteiger partial charge in [-0.15, -0.1) is 0 Å². The molecule has 0 aromatic heterocycles. The van der Waals surface area contributed by atoms with Crippen LogP contribution in [0.2, 0.25) is 0 Å². The van der Waals surface area contributed by atoms with E-state index in [2.05, 4.69) is 10.6 Å². The molecule has 0 spiro atoms. The fourth-order valence-electron chi connectivity index (χ4n) is 4.81. The van der Waals surface area contributed by atoms with Crippen molar-refractivity contribution in [2.24, 2.45) is 5.41 Å². The van der Waals surface area contributed by atoms with Crippen LogP contribution in [0.15, 0.2) is 60.7 Å². The zero-order valence-corrected chi connectivity index (χ0v) is 22.3. The molecule has 0 bridgehead atoms. The average Bonchev–Trinajstić information content (AvgIpc) is 3.58. The van der Waals surface area contributed by atoms with Crippen molar-refractivity contribution in [1.29, 1.82) is 0 Å². The van der Waals surface area contributed by atoms with Crippen molar-refractivity contribution in [3.63, 3.8) is 0 Å². The van der Waals surface area contributed by atoms with Crippen LogP contribution in [0.3, 0.4) is 0 Å². The zero-order valence-electron chi connectivity index (χ0n) is 22.3. The monoisotopic (exact) mass is 520 g/mol. The predicted octanol–water partition coefficient (Wildman–Crippen LogP) is 5.94. The Balaban J connectivity index is 0.00000196. The van der Waals surface area contributed by atoms with Crippen LogP contribution >= 0.6 is 0 Å². The second-order valence-electron chi connectivity index (χ2n) is 11.3. The fourth-order valence-corrected chi connectivity index (χ4v) is 4.81. The Kier molecular flexibility index (Phi) is 6.65. The molecular weight excluding hydrogens is 480 g/mol. The van der Waals surface area contributed by atoms with Gasteiger partial charge in [0.05, 0.1) is 18.1 Å². The van der Waals surface area contributed by atoms with E-state index < -0.39 is 5.41 Å². The predicted molar refractivity (Wildman–Crippen MR) is 153 cm³/mol.